The summed E-state index contributed by atoms with van der Waals surface area (Å²) in [6, 6.07) is 0. The van der Waals surface area contributed by atoms with Gasteiger partial charge in [0, 0.05) is 38.3 Å². The van der Waals surface area contributed by atoms with Gasteiger partial charge in [0.25, 0.3) is 0 Å². The fraction of sp³-hybridized carbons (Fsp3) is 0.417. The lowest BCUT2D eigenvalue weighted by Crippen LogP contribution is -2.19. The SMILES string of the molecule is Cc1nccn2c(C3CC(=O)N(C)C3)ncc12. The van der Waals surface area contributed by atoms with Crippen LogP contribution in [0, 0.1) is 6.92 Å². The van der Waals surface area contributed by atoms with Gasteiger partial charge in [-0.15, -0.1) is 0 Å². The number of imidazole rings is 1. The molecule has 1 saturated heterocycles. The highest BCUT2D eigenvalue weighted by molar-refractivity contribution is 5.79. The second-order valence-corrected chi connectivity index (χ2v) is 4.56. The monoisotopic (exact) mass is 230 g/mol. The van der Waals surface area contributed by atoms with E-state index in [1.165, 1.54) is 0 Å². The van der Waals surface area contributed by atoms with Crippen LogP contribution in [0.2, 0.25) is 0 Å². The maximum absolute atomic E-state index is 11.6. The molecule has 0 aliphatic carbocycles. The van der Waals surface area contributed by atoms with Crippen molar-refractivity contribution in [3.63, 3.8) is 0 Å². The number of aryl methyl sites for hydroxylation is 1. The molecule has 0 radical (unpaired) electrons. The summed E-state index contributed by atoms with van der Waals surface area (Å²) >= 11 is 0. The number of carbonyl (C=O) groups excluding carboxylic acids is 1. The van der Waals surface area contributed by atoms with Gasteiger partial charge in [-0.2, -0.15) is 0 Å². The quantitative estimate of drug-likeness (QED) is 0.734. The van der Waals surface area contributed by atoms with Gasteiger partial charge in [-0.25, -0.2) is 4.98 Å². The van der Waals surface area contributed by atoms with E-state index in [9.17, 15) is 4.79 Å². The molecule has 1 atom stereocenters. The molecular weight excluding hydrogens is 216 g/mol. The summed E-state index contributed by atoms with van der Waals surface area (Å²) in [5.41, 5.74) is 1.98. The molecule has 1 amide bonds. The summed E-state index contributed by atoms with van der Waals surface area (Å²) in [4.78, 5) is 22.0. The molecule has 0 spiro atoms. The van der Waals surface area contributed by atoms with Crippen molar-refractivity contribution < 1.29 is 4.79 Å². The first-order chi connectivity index (χ1) is 8.16. The minimum atomic E-state index is 0.191. The first kappa shape index (κ1) is 10.3. The van der Waals surface area contributed by atoms with E-state index in [2.05, 4.69) is 9.97 Å². The first-order valence-electron chi connectivity index (χ1n) is 5.69. The average molecular weight is 230 g/mol. The Kier molecular flexibility index (Phi) is 2.14. The Labute approximate surface area is 99.1 Å². The Hall–Kier alpha value is -1.91. The van der Waals surface area contributed by atoms with Crippen molar-refractivity contribution in [2.24, 2.45) is 0 Å². The van der Waals surface area contributed by atoms with Crippen LogP contribution >= 0.6 is 0 Å². The largest absolute Gasteiger partial charge is 0.345 e. The molecule has 3 heterocycles. The van der Waals surface area contributed by atoms with Crippen LogP contribution in [0.4, 0.5) is 0 Å². The normalized spacial score (nSPS) is 20.5. The van der Waals surface area contributed by atoms with Gasteiger partial charge in [-0.05, 0) is 6.92 Å². The summed E-state index contributed by atoms with van der Waals surface area (Å²) in [7, 11) is 1.84. The minimum Gasteiger partial charge on any atom is -0.345 e. The zero-order valence-corrected chi connectivity index (χ0v) is 9.92. The Bertz CT molecular complexity index is 589. The molecule has 0 bridgehead atoms. The number of hydrogen-bond donors (Lipinski definition) is 0. The minimum absolute atomic E-state index is 0.191. The number of amides is 1. The van der Waals surface area contributed by atoms with Crippen molar-refractivity contribution in [3.8, 4) is 0 Å². The lowest BCUT2D eigenvalue weighted by Gasteiger charge is -2.09. The van der Waals surface area contributed by atoms with Crippen molar-refractivity contribution in [1.82, 2.24) is 19.3 Å². The van der Waals surface area contributed by atoms with E-state index in [0.717, 1.165) is 23.6 Å². The molecule has 2 aromatic heterocycles. The Balaban J connectivity index is 2.07. The molecule has 0 aromatic carbocycles. The number of aromatic nitrogens is 3. The average Bonchev–Trinajstić information content (AvgIpc) is 2.85. The van der Waals surface area contributed by atoms with Gasteiger partial charge < -0.3 is 9.30 Å². The maximum Gasteiger partial charge on any atom is 0.223 e. The van der Waals surface area contributed by atoms with Crippen LogP contribution in [0.25, 0.3) is 5.52 Å². The molecule has 5 heteroatoms. The number of nitrogens with zero attached hydrogens (tertiary/aromatic N) is 4. The third kappa shape index (κ3) is 1.50. The van der Waals surface area contributed by atoms with E-state index in [1.54, 1.807) is 11.1 Å². The van der Waals surface area contributed by atoms with Gasteiger partial charge in [-0.3, -0.25) is 9.78 Å². The summed E-state index contributed by atoms with van der Waals surface area (Å²) in [6.45, 7) is 2.71. The first-order valence-corrected chi connectivity index (χ1v) is 5.69. The molecule has 1 aliphatic heterocycles. The van der Waals surface area contributed by atoms with Crippen LogP contribution in [0.1, 0.15) is 23.9 Å². The van der Waals surface area contributed by atoms with Crippen molar-refractivity contribution in [2.75, 3.05) is 13.6 Å². The summed E-state index contributed by atoms with van der Waals surface area (Å²) in [5.74, 6) is 1.34. The van der Waals surface area contributed by atoms with E-state index in [-0.39, 0.29) is 11.8 Å². The van der Waals surface area contributed by atoms with E-state index in [0.29, 0.717) is 6.42 Å². The number of likely N-dealkylation sites (tertiary alicyclic amines) is 1. The van der Waals surface area contributed by atoms with Gasteiger partial charge in [0.05, 0.1) is 17.4 Å². The zero-order chi connectivity index (χ0) is 12.0. The topological polar surface area (TPSA) is 50.5 Å². The molecule has 2 aromatic rings. The molecule has 0 N–H and O–H groups in total. The van der Waals surface area contributed by atoms with E-state index in [1.807, 2.05) is 30.8 Å². The third-order valence-corrected chi connectivity index (χ3v) is 3.39. The van der Waals surface area contributed by atoms with Crippen LogP contribution in [0.3, 0.4) is 0 Å². The molecule has 88 valence electrons. The van der Waals surface area contributed by atoms with E-state index in [4.69, 9.17) is 0 Å². The molecule has 1 unspecified atom stereocenters. The number of fused-ring (bicyclic) bond motifs is 1. The van der Waals surface area contributed by atoms with Gasteiger partial charge in [0.15, 0.2) is 0 Å². The van der Waals surface area contributed by atoms with Crippen molar-refractivity contribution in [3.05, 3.63) is 30.1 Å². The predicted octanol–water partition coefficient (Wildman–Crippen LogP) is 0.983. The summed E-state index contributed by atoms with van der Waals surface area (Å²) < 4.78 is 2.04. The van der Waals surface area contributed by atoms with Crippen LogP contribution in [0.5, 0.6) is 0 Å². The van der Waals surface area contributed by atoms with Crippen molar-refractivity contribution in [2.45, 2.75) is 19.3 Å². The lowest BCUT2D eigenvalue weighted by molar-refractivity contribution is -0.126. The fourth-order valence-corrected chi connectivity index (χ4v) is 2.42. The molecular formula is C12H14N4O. The molecule has 1 fully saturated rings. The Morgan fingerprint density at radius 3 is 2.94 bits per heavy atom. The maximum atomic E-state index is 11.6. The number of rotatable bonds is 1. The van der Waals surface area contributed by atoms with E-state index < -0.39 is 0 Å². The molecule has 17 heavy (non-hydrogen) atoms. The second-order valence-electron chi connectivity index (χ2n) is 4.56. The second kappa shape index (κ2) is 3.55. The molecule has 5 nitrogen and oxygen atoms in total. The fourth-order valence-electron chi connectivity index (χ4n) is 2.42. The highest BCUT2D eigenvalue weighted by Crippen LogP contribution is 2.27. The zero-order valence-electron chi connectivity index (χ0n) is 9.92. The number of carbonyl (C=O) groups is 1. The Morgan fingerprint density at radius 1 is 1.41 bits per heavy atom. The van der Waals surface area contributed by atoms with Crippen molar-refractivity contribution in [1.29, 1.82) is 0 Å². The van der Waals surface area contributed by atoms with Gasteiger partial charge in [0.2, 0.25) is 5.91 Å². The summed E-state index contributed by atoms with van der Waals surface area (Å²) in [6.07, 6.45) is 6.07. The lowest BCUT2D eigenvalue weighted by atomic mass is 10.1. The van der Waals surface area contributed by atoms with Crippen LogP contribution < -0.4 is 0 Å². The highest BCUT2D eigenvalue weighted by atomic mass is 16.2. The smallest absolute Gasteiger partial charge is 0.223 e. The van der Waals surface area contributed by atoms with Crippen molar-refractivity contribution >= 4 is 11.4 Å². The molecule has 3 rings (SSSR count). The van der Waals surface area contributed by atoms with Gasteiger partial charge in [0.1, 0.15) is 5.82 Å². The number of hydrogen-bond acceptors (Lipinski definition) is 3. The van der Waals surface area contributed by atoms with Gasteiger partial charge in [-0.1, -0.05) is 0 Å². The van der Waals surface area contributed by atoms with Crippen LogP contribution in [-0.4, -0.2) is 38.8 Å². The van der Waals surface area contributed by atoms with Crippen LogP contribution in [-0.2, 0) is 4.79 Å². The van der Waals surface area contributed by atoms with Crippen LogP contribution in [0.15, 0.2) is 18.6 Å². The predicted molar refractivity (Wildman–Crippen MR) is 62.7 cm³/mol. The third-order valence-electron chi connectivity index (χ3n) is 3.39. The highest BCUT2D eigenvalue weighted by Gasteiger charge is 2.30. The molecule has 1 aliphatic rings. The van der Waals surface area contributed by atoms with Gasteiger partial charge >= 0.3 is 0 Å². The molecule has 0 saturated carbocycles. The number of likely N-dealkylation sites (N-methyl/N-ethyl adjacent to an activating group) is 1. The standard InChI is InChI=1S/C12H14N4O/c1-8-10-6-14-12(16(10)4-3-13-8)9-5-11(17)15(2)7-9/h3-4,6,9H,5,7H2,1-2H3. The summed E-state index contributed by atoms with van der Waals surface area (Å²) in [5, 5.41) is 0. The van der Waals surface area contributed by atoms with E-state index >= 15 is 0 Å². The Morgan fingerprint density at radius 2 is 2.24 bits per heavy atom.